The van der Waals surface area contributed by atoms with Crippen LogP contribution in [0.4, 0.5) is 0 Å². The molecule has 8 heteroatoms. The van der Waals surface area contributed by atoms with Gasteiger partial charge in [-0.1, -0.05) is 40.2 Å². The van der Waals surface area contributed by atoms with Gasteiger partial charge < -0.3 is 14.5 Å². The van der Waals surface area contributed by atoms with Gasteiger partial charge in [-0.15, -0.1) is 0 Å². The number of nitrogens with one attached hydrogen (secondary N) is 1. The van der Waals surface area contributed by atoms with Gasteiger partial charge in [-0.05, 0) is 41.5 Å². The topological polar surface area (TPSA) is 86.4 Å². The third-order valence-corrected chi connectivity index (χ3v) is 5.43. The van der Waals surface area contributed by atoms with E-state index in [2.05, 4.69) is 26.2 Å². The zero-order chi connectivity index (χ0) is 22.3. The molecule has 164 valence electrons. The lowest BCUT2D eigenvalue weighted by molar-refractivity contribution is -0.121. The molecular formula is C24H22BrN3O4. The van der Waals surface area contributed by atoms with Crippen molar-refractivity contribution in [3.8, 4) is 0 Å². The smallest absolute Gasteiger partial charge is 0.261 e. The van der Waals surface area contributed by atoms with Crippen LogP contribution in [-0.2, 0) is 35.8 Å². The van der Waals surface area contributed by atoms with E-state index in [1.807, 2.05) is 42.5 Å². The summed E-state index contributed by atoms with van der Waals surface area (Å²) in [5.74, 6) is 0.646. The molecule has 4 rings (SSSR count). The maximum absolute atomic E-state index is 12.6. The Morgan fingerprint density at radius 2 is 1.97 bits per heavy atom. The second-order valence-electron chi connectivity index (χ2n) is 7.32. The van der Waals surface area contributed by atoms with Gasteiger partial charge in [0.25, 0.3) is 5.56 Å². The largest absolute Gasteiger partial charge is 0.467 e. The summed E-state index contributed by atoms with van der Waals surface area (Å²) in [5.41, 5.74) is 2.47. The highest BCUT2D eigenvalue weighted by Crippen LogP contribution is 2.15. The Balaban J connectivity index is 1.27. The number of halogens is 1. The van der Waals surface area contributed by atoms with Crippen LogP contribution in [0.25, 0.3) is 10.9 Å². The van der Waals surface area contributed by atoms with E-state index in [1.54, 1.807) is 18.4 Å². The Kier molecular flexibility index (Phi) is 7.14. The van der Waals surface area contributed by atoms with Crippen molar-refractivity contribution >= 4 is 32.7 Å². The van der Waals surface area contributed by atoms with Gasteiger partial charge in [-0.2, -0.15) is 0 Å². The molecule has 0 atom stereocenters. The van der Waals surface area contributed by atoms with Gasteiger partial charge in [0.1, 0.15) is 12.4 Å². The highest BCUT2D eigenvalue weighted by atomic mass is 79.9. The zero-order valence-electron chi connectivity index (χ0n) is 17.3. The molecule has 0 radical (unpaired) electrons. The van der Waals surface area contributed by atoms with Crippen molar-refractivity contribution in [1.82, 2.24) is 14.9 Å². The van der Waals surface area contributed by atoms with Crippen LogP contribution in [0.3, 0.4) is 0 Å². The van der Waals surface area contributed by atoms with E-state index in [1.165, 1.54) is 10.9 Å². The maximum atomic E-state index is 12.6. The monoisotopic (exact) mass is 495 g/mol. The molecule has 2 aromatic carbocycles. The minimum atomic E-state index is -0.161. The fourth-order valence-corrected chi connectivity index (χ4v) is 3.66. The summed E-state index contributed by atoms with van der Waals surface area (Å²) in [6, 6.07) is 16.9. The van der Waals surface area contributed by atoms with Gasteiger partial charge in [0, 0.05) is 24.0 Å². The summed E-state index contributed by atoms with van der Waals surface area (Å²) in [6.45, 7) is 1.54. The van der Waals surface area contributed by atoms with E-state index >= 15 is 0 Å². The average Bonchev–Trinajstić information content (AvgIpc) is 3.31. The number of carbonyl (C=O) groups is 1. The molecule has 0 bridgehead atoms. The Bertz CT molecular complexity index is 1270. The van der Waals surface area contributed by atoms with Gasteiger partial charge in [-0.25, -0.2) is 4.98 Å². The first-order valence-electron chi connectivity index (χ1n) is 10.2. The number of hydrogen-bond acceptors (Lipinski definition) is 5. The number of aromatic nitrogens is 2. The lowest BCUT2D eigenvalue weighted by atomic mass is 10.1. The van der Waals surface area contributed by atoms with Crippen LogP contribution in [0, 0.1) is 0 Å². The number of amides is 1. The van der Waals surface area contributed by atoms with Crippen LogP contribution in [0.5, 0.6) is 0 Å². The van der Waals surface area contributed by atoms with Gasteiger partial charge in [0.15, 0.2) is 0 Å². The van der Waals surface area contributed by atoms with Crippen molar-refractivity contribution in [2.75, 3.05) is 0 Å². The van der Waals surface area contributed by atoms with Crippen molar-refractivity contribution in [3.05, 3.63) is 98.9 Å². The number of fused-ring (bicyclic) bond motifs is 1. The molecule has 1 amide bonds. The first-order chi connectivity index (χ1) is 15.6. The molecule has 0 aliphatic heterocycles. The molecule has 7 nitrogen and oxygen atoms in total. The standard InChI is InChI=1S/C24H22BrN3O4/c25-19-6-7-22-21(12-19)24(30)28(16-27-22)9-8-23(29)26-13-17-3-1-4-18(11-17)14-31-15-20-5-2-10-32-20/h1-7,10-12,16H,8-9,13-15H2,(H,26,29). The van der Waals surface area contributed by atoms with E-state index in [-0.39, 0.29) is 24.4 Å². The van der Waals surface area contributed by atoms with Crippen molar-refractivity contribution in [3.63, 3.8) is 0 Å². The number of ether oxygens (including phenoxy) is 1. The van der Waals surface area contributed by atoms with E-state index in [0.29, 0.717) is 30.7 Å². The number of carbonyl (C=O) groups excluding carboxylic acids is 1. The van der Waals surface area contributed by atoms with Crippen molar-refractivity contribution in [1.29, 1.82) is 0 Å². The van der Waals surface area contributed by atoms with Crippen LogP contribution < -0.4 is 10.9 Å². The number of nitrogens with zero attached hydrogens (tertiary/aromatic N) is 2. The van der Waals surface area contributed by atoms with Crippen molar-refractivity contribution in [2.24, 2.45) is 0 Å². The van der Waals surface area contributed by atoms with E-state index in [0.717, 1.165) is 21.4 Å². The fraction of sp³-hybridized carbons (Fsp3) is 0.208. The second-order valence-corrected chi connectivity index (χ2v) is 8.24. The Morgan fingerprint density at radius 3 is 2.81 bits per heavy atom. The summed E-state index contributed by atoms with van der Waals surface area (Å²) in [7, 11) is 0. The molecule has 4 aromatic rings. The Morgan fingerprint density at radius 1 is 1.09 bits per heavy atom. The molecular weight excluding hydrogens is 474 g/mol. The second kappa shape index (κ2) is 10.4. The van der Waals surface area contributed by atoms with Crippen LogP contribution in [0.1, 0.15) is 23.3 Å². The summed E-state index contributed by atoms with van der Waals surface area (Å²) in [6.07, 6.45) is 3.29. The van der Waals surface area contributed by atoms with E-state index in [4.69, 9.17) is 9.15 Å². The Hall–Kier alpha value is -3.23. The molecule has 2 heterocycles. The summed E-state index contributed by atoms with van der Waals surface area (Å²) in [5, 5.41) is 3.42. The molecule has 0 aliphatic rings. The molecule has 1 N–H and O–H groups in total. The lowest BCUT2D eigenvalue weighted by Crippen LogP contribution is -2.27. The van der Waals surface area contributed by atoms with Crippen molar-refractivity contribution < 1.29 is 13.9 Å². The minimum absolute atomic E-state index is 0.134. The summed E-state index contributed by atoms with van der Waals surface area (Å²) < 4.78 is 13.2. The number of hydrogen-bond donors (Lipinski definition) is 1. The minimum Gasteiger partial charge on any atom is -0.467 e. The first kappa shape index (κ1) is 22.0. The number of furan rings is 1. The molecule has 0 aliphatic carbocycles. The van der Waals surface area contributed by atoms with Crippen LogP contribution >= 0.6 is 15.9 Å². The molecule has 32 heavy (non-hydrogen) atoms. The van der Waals surface area contributed by atoms with Crippen LogP contribution in [0.2, 0.25) is 0 Å². The quantitative estimate of drug-likeness (QED) is 0.376. The third kappa shape index (κ3) is 5.72. The van der Waals surface area contributed by atoms with Gasteiger partial charge >= 0.3 is 0 Å². The molecule has 0 saturated heterocycles. The SMILES string of the molecule is O=C(CCn1cnc2ccc(Br)cc2c1=O)NCc1cccc(COCc2ccco2)c1. The zero-order valence-corrected chi connectivity index (χ0v) is 18.9. The van der Waals surface area contributed by atoms with Gasteiger partial charge in [-0.3, -0.25) is 14.2 Å². The average molecular weight is 496 g/mol. The van der Waals surface area contributed by atoms with Crippen LogP contribution in [-0.4, -0.2) is 15.5 Å². The van der Waals surface area contributed by atoms with Crippen molar-refractivity contribution in [2.45, 2.75) is 32.7 Å². The summed E-state index contributed by atoms with van der Waals surface area (Å²) in [4.78, 5) is 29.2. The van der Waals surface area contributed by atoms with E-state index in [9.17, 15) is 9.59 Å². The predicted molar refractivity (Wildman–Crippen MR) is 124 cm³/mol. The molecule has 2 aromatic heterocycles. The molecule has 0 unspecified atom stereocenters. The normalized spacial score (nSPS) is 11.0. The maximum Gasteiger partial charge on any atom is 0.261 e. The fourth-order valence-electron chi connectivity index (χ4n) is 3.30. The Labute approximate surface area is 193 Å². The van der Waals surface area contributed by atoms with Gasteiger partial charge in [0.05, 0.1) is 30.1 Å². The number of rotatable bonds is 9. The van der Waals surface area contributed by atoms with Crippen LogP contribution in [0.15, 0.2) is 80.9 Å². The summed E-state index contributed by atoms with van der Waals surface area (Å²) >= 11 is 3.37. The molecule has 0 saturated carbocycles. The lowest BCUT2D eigenvalue weighted by Gasteiger charge is -2.09. The molecule has 0 spiro atoms. The number of benzene rings is 2. The first-order valence-corrected chi connectivity index (χ1v) is 11.0. The van der Waals surface area contributed by atoms with Gasteiger partial charge in [0.2, 0.25) is 5.91 Å². The highest BCUT2D eigenvalue weighted by Gasteiger charge is 2.08. The highest BCUT2D eigenvalue weighted by molar-refractivity contribution is 9.10. The molecule has 0 fully saturated rings. The third-order valence-electron chi connectivity index (χ3n) is 4.94. The van der Waals surface area contributed by atoms with E-state index < -0.39 is 0 Å². The number of aryl methyl sites for hydroxylation is 1. The predicted octanol–water partition coefficient (Wildman–Crippen LogP) is 4.18.